The number of hydrogen-bond acceptors (Lipinski definition) is 4. The van der Waals surface area contributed by atoms with Crippen molar-refractivity contribution in [1.82, 2.24) is 0 Å². The van der Waals surface area contributed by atoms with Gasteiger partial charge in [-0.05, 0) is 17.7 Å². The zero-order chi connectivity index (χ0) is 15.3. The van der Waals surface area contributed by atoms with Gasteiger partial charge in [-0.2, -0.15) is 0 Å². The highest BCUT2D eigenvalue weighted by atomic mass is 16.4. The van der Waals surface area contributed by atoms with Gasteiger partial charge in [-0.25, -0.2) is 9.79 Å². The number of rotatable bonds is 5. The average molecular weight is 285 g/mol. The Labute approximate surface area is 121 Å². The highest BCUT2D eigenvalue weighted by Gasteiger charge is 2.28. The number of aliphatic imine (C=N–C) groups is 1. The molecule has 0 saturated carbocycles. The number of aliphatic hydroxyl groups is 1. The quantitative estimate of drug-likeness (QED) is 0.732. The van der Waals surface area contributed by atoms with Gasteiger partial charge in [-0.1, -0.05) is 42.5 Å². The van der Waals surface area contributed by atoms with E-state index in [0.717, 1.165) is 5.56 Å². The topological polar surface area (TPSA) is 90.1 Å². The van der Waals surface area contributed by atoms with Gasteiger partial charge in [-0.3, -0.25) is 0 Å². The molecule has 5 nitrogen and oxygen atoms in total. The van der Waals surface area contributed by atoms with E-state index in [4.69, 9.17) is 5.11 Å². The molecular weight excluding hydrogens is 270 g/mol. The number of hydrogen-bond donors (Lipinski definition) is 3. The number of carboxylic acid groups (broad SMARTS) is 1. The van der Waals surface area contributed by atoms with Crippen LogP contribution in [-0.2, 0) is 16.9 Å². The van der Waals surface area contributed by atoms with Crippen LogP contribution in [0.4, 0.5) is 0 Å². The molecule has 0 aromatic heterocycles. The fourth-order valence-electron chi connectivity index (χ4n) is 1.99. The van der Waals surface area contributed by atoms with E-state index in [2.05, 4.69) is 4.99 Å². The number of carbonyl (C=O) groups is 1. The first-order valence-corrected chi connectivity index (χ1v) is 6.33. The van der Waals surface area contributed by atoms with E-state index in [1.807, 2.05) is 30.3 Å². The maximum Gasteiger partial charge on any atom is 0.346 e. The molecule has 0 spiro atoms. The second kappa shape index (κ2) is 6.19. The fraction of sp³-hybridized carbons (Fsp3) is 0.125. The molecule has 0 fully saturated rings. The molecular formula is C16H15NO4. The standard InChI is InChI=1S/C16H15NO4/c18-14-8-6-13(7-9-14)16(21,17-11-15(19)20)10-12-4-2-1-3-5-12/h1-9,11,18,21H,10H2,(H,19,20)/b17-11+. The van der Waals surface area contributed by atoms with Gasteiger partial charge in [0.25, 0.3) is 0 Å². The Morgan fingerprint density at radius 2 is 1.71 bits per heavy atom. The monoisotopic (exact) mass is 285 g/mol. The first kappa shape index (κ1) is 14.7. The smallest absolute Gasteiger partial charge is 0.346 e. The van der Waals surface area contributed by atoms with E-state index in [0.29, 0.717) is 11.8 Å². The molecule has 0 amide bonds. The summed E-state index contributed by atoms with van der Waals surface area (Å²) < 4.78 is 0. The SMILES string of the molecule is O=C(O)/C=N/C(O)(Cc1ccccc1)c1ccc(O)cc1. The summed E-state index contributed by atoms with van der Waals surface area (Å²) in [6, 6.07) is 15.0. The molecule has 0 radical (unpaired) electrons. The lowest BCUT2D eigenvalue weighted by Crippen LogP contribution is -2.27. The second-order valence-corrected chi connectivity index (χ2v) is 4.62. The van der Waals surface area contributed by atoms with Crippen molar-refractivity contribution in [1.29, 1.82) is 0 Å². The zero-order valence-electron chi connectivity index (χ0n) is 11.2. The Bertz CT molecular complexity index is 637. The molecule has 0 saturated heterocycles. The van der Waals surface area contributed by atoms with Crippen molar-refractivity contribution in [3.05, 3.63) is 65.7 Å². The third kappa shape index (κ3) is 3.90. The summed E-state index contributed by atoms with van der Waals surface area (Å²) >= 11 is 0. The number of carboxylic acids is 1. The van der Waals surface area contributed by atoms with E-state index in [1.165, 1.54) is 24.3 Å². The van der Waals surface area contributed by atoms with Gasteiger partial charge in [0.15, 0.2) is 5.72 Å². The summed E-state index contributed by atoms with van der Waals surface area (Å²) in [6.45, 7) is 0. The van der Waals surface area contributed by atoms with Gasteiger partial charge in [-0.15, -0.1) is 0 Å². The summed E-state index contributed by atoms with van der Waals surface area (Å²) in [6.07, 6.45) is 0.804. The molecule has 5 heteroatoms. The van der Waals surface area contributed by atoms with Crippen molar-refractivity contribution in [2.24, 2.45) is 4.99 Å². The van der Waals surface area contributed by atoms with Crippen LogP contribution in [0.2, 0.25) is 0 Å². The van der Waals surface area contributed by atoms with Gasteiger partial charge in [0.1, 0.15) is 12.0 Å². The van der Waals surface area contributed by atoms with Crippen LogP contribution >= 0.6 is 0 Å². The van der Waals surface area contributed by atoms with E-state index >= 15 is 0 Å². The summed E-state index contributed by atoms with van der Waals surface area (Å²) in [5.74, 6) is -1.18. The average Bonchev–Trinajstić information content (AvgIpc) is 2.47. The van der Waals surface area contributed by atoms with Crippen molar-refractivity contribution >= 4 is 12.2 Å². The van der Waals surface area contributed by atoms with Crippen molar-refractivity contribution in [2.45, 2.75) is 12.1 Å². The number of aromatic hydroxyl groups is 1. The molecule has 2 aromatic carbocycles. The van der Waals surface area contributed by atoms with Crippen LogP contribution in [-0.4, -0.2) is 27.5 Å². The van der Waals surface area contributed by atoms with Crippen LogP contribution in [0.5, 0.6) is 5.75 Å². The minimum Gasteiger partial charge on any atom is -0.508 e. The summed E-state index contributed by atoms with van der Waals surface area (Å²) in [5, 5.41) is 28.8. The third-order valence-corrected chi connectivity index (χ3v) is 3.01. The Kier molecular flexibility index (Phi) is 4.35. The lowest BCUT2D eigenvalue weighted by Gasteiger charge is -2.24. The predicted octanol–water partition coefficient (Wildman–Crippen LogP) is 1.94. The number of phenolic OH excluding ortho intramolecular Hbond substituents is 1. The molecule has 1 atom stereocenters. The molecule has 0 aliphatic heterocycles. The maximum atomic E-state index is 10.7. The third-order valence-electron chi connectivity index (χ3n) is 3.01. The van der Waals surface area contributed by atoms with Crippen molar-refractivity contribution < 1.29 is 20.1 Å². The Balaban J connectivity index is 2.38. The van der Waals surface area contributed by atoms with E-state index < -0.39 is 11.7 Å². The summed E-state index contributed by atoms with van der Waals surface area (Å²) in [4.78, 5) is 14.5. The molecule has 21 heavy (non-hydrogen) atoms. The first-order chi connectivity index (χ1) is 9.99. The fourth-order valence-corrected chi connectivity index (χ4v) is 1.99. The molecule has 0 bridgehead atoms. The van der Waals surface area contributed by atoms with Crippen LogP contribution in [0.1, 0.15) is 11.1 Å². The van der Waals surface area contributed by atoms with Gasteiger partial charge in [0, 0.05) is 12.0 Å². The largest absolute Gasteiger partial charge is 0.508 e. The number of aliphatic carboxylic acids is 1. The van der Waals surface area contributed by atoms with Crippen LogP contribution in [0.15, 0.2) is 59.6 Å². The van der Waals surface area contributed by atoms with Crippen LogP contribution in [0, 0.1) is 0 Å². The predicted molar refractivity (Wildman–Crippen MR) is 78.3 cm³/mol. The molecule has 0 aliphatic rings. The Morgan fingerprint density at radius 3 is 2.29 bits per heavy atom. The van der Waals surface area contributed by atoms with Gasteiger partial charge in [0.05, 0.1) is 0 Å². The first-order valence-electron chi connectivity index (χ1n) is 6.33. The van der Waals surface area contributed by atoms with E-state index in [9.17, 15) is 15.0 Å². The zero-order valence-corrected chi connectivity index (χ0v) is 11.2. The molecule has 1 unspecified atom stereocenters. The van der Waals surface area contributed by atoms with Crippen molar-refractivity contribution in [3.63, 3.8) is 0 Å². The van der Waals surface area contributed by atoms with Gasteiger partial charge < -0.3 is 15.3 Å². The Morgan fingerprint density at radius 1 is 1.10 bits per heavy atom. The molecule has 2 rings (SSSR count). The number of phenols is 1. The summed E-state index contributed by atoms with van der Waals surface area (Å²) in [5.41, 5.74) is -0.481. The van der Waals surface area contributed by atoms with Gasteiger partial charge in [0.2, 0.25) is 0 Å². The van der Waals surface area contributed by atoms with E-state index in [1.54, 1.807) is 0 Å². The normalized spacial score (nSPS) is 14.0. The van der Waals surface area contributed by atoms with Gasteiger partial charge >= 0.3 is 5.97 Å². The molecule has 0 aliphatic carbocycles. The minimum atomic E-state index is -1.70. The molecule has 2 aromatic rings. The van der Waals surface area contributed by atoms with E-state index in [-0.39, 0.29) is 12.2 Å². The van der Waals surface area contributed by atoms with Crippen LogP contribution in [0.25, 0.3) is 0 Å². The minimum absolute atomic E-state index is 0.0584. The second-order valence-electron chi connectivity index (χ2n) is 4.62. The lowest BCUT2D eigenvalue weighted by molar-refractivity contribution is -0.129. The van der Waals surface area contributed by atoms with Crippen LogP contribution < -0.4 is 0 Å². The Hall–Kier alpha value is -2.66. The molecule has 3 N–H and O–H groups in total. The van der Waals surface area contributed by atoms with Crippen LogP contribution in [0.3, 0.4) is 0 Å². The van der Waals surface area contributed by atoms with Crippen molar-refractivity contribution in [2.75, 3.05) is 0 Å². The number of nitrogens with zero attached hydrogens (tertiary/aromatic N) is 1. The number of benzene rings is 2. The summed E-state index contributed by atoms with van der Waals surface area (Å²) in [7, 11) is 0. The lowest BCUT2D eigenvalue weighted by atomic mass is 9.95. The van der Waals surface area contributed by atoms with Crippen molar-refractivity contribution in [3.8, 4) is 5.75 Å². The molecule has 108 valence electrons. The highest BCUT2D eigenvalue weighted by Crippen LogP contribution is 2.28. The maximum absolute atomic E-state index is 10.7. The molecule has 0 heterocycles. The highest BCUT2D eigenvalue weighted by molar-refractivity contribution is 6.22.